The highest BCUT2D eigenvalue weighted by Gasteiger charge is 2.14. The number of aromatic nitrogens is 1. The lowest BCUT2D eigenvalue weighted by Gasteiger charge is -2.13. The number of halogens is 1. The average molecular weight is 327 g/mol. The predicted molar refractivity (Wildman–Crippen MR) is 83.7 cm³/mol. The molecular weight excluding hydrogens is 312 g/mol. The number of aryl methyl sites for hydroxylation is 1. The Labute approximate surface area is 131 Å². The first-order chi connectivity index (χ1) is 10.0. The highest BCUT2D eigenvalue weighted by Crippen LogP contribution is 2.35. The van der Waals surface area contributed by atoms with Crippen molar-refractivity contribution in [2.24, 2.45) is 0 Å². The Hall–Kier alpha value is -1.79. The van der Waals surface area contributed by atoms with E-state index in [1.54, 1.807) is 17.6 Å². The Morgan fingerprint density at radius 2 is 2.05 bits per heavy atom. The van der Waals surface area contributed by atoms with E-state index >= 15 is 0 Å². The van der Waals surface area contributed by atoms with Crippen LogP contribution in [-0.2, 0) is 11.2 Å². The van der Waals surface area contributed by atoms with Crippen LogP contribution in [0, 0.1) is 6.92 Å². The summed E-state index contributed by atoms with van der Waals surface area (Å²) in [5, 5.41) is 3.23. The highest BCUT2D eigenvalue weighted by atomic mass is 35.5. The van der Waals surface area contributed by atoms with Crippen LogP contribution < -0.4 is 14.8 Å². The maximum Gasteiger partial charge on any atom is 0.229 e. The molecular formula is C14H15ClN2O3S. The van der Waals surface area contributed by atoms with Gasteiger partial charge in [-0.2, -0.15) is 0 Å². The second-order valence-electron chi connectivity index (χ2n) is 4.27. The Morgan fingerprint density at radius 1 is 1.33 bits per heavy atom. The van der Waals surface area contributed by atoms with Crippen molar-refractivity contribution >= 4 is 34.5 Å². The molecule has 0 bridgehead atoms. The lowest BCUT2D eigenvalue weighted by molar-refractivity contribution is -0.115. The molecule has 0 saturated carbocycles. The fourth-order valence-corrected chi connectivity index (χ4v) is 2.80. The summed E-state index contributed by atoms with van der Waals surface area (Å²) in [5.74, 6) is 0.807. The van der Waals surface area contributed by atoms with Crippen molar-refractivity contribution in [3.05, 3.63) is 33.2 Å². The van der Waals surface area contributed by atoms with Crippen LogP contribution in [0.3, 0.4) is 0 Å². The molecule has 0 aliphatic carbocycles. The first-order valence-corrected chi connectivity index (χ1v) is 7.41. The zero-order chi connectivity index (χ0) is 15.4. The van der Waals surface area contributed by atoms with Crippen LogP contribution in [0.4, 0.5) is 5.69 Å². The number of carbonyl (C=O) groups is 1. The van der Waals surface area contributed by atoms with Gasteiger partial charge in [0, 0.05) is 17.0 Å². The third kappa shape index (κ3) is 3.65. The Bertz CT molecular complexity index is 658. The third-order valence-electron chi connectivity index (χ3n) is 2.91. The number of ether oxygens (including phenoxy) is 2. The van der Waals surface area contributed by atoms with Crippen molar-refractivity contribution in [1.29, 1.82) is 0 Å². The van der Waals surface area contributed by atoms with Crippen molar-refractivity contribution in [1.82, 2.24) is 4.98 Å². The number of hydrogen-bond donors (Lipinski definition) is 1. The summed E-state index contributed by atoms with van der Waals surface area (Å²) in [7, 11) is 3.03. The summed E-state index contributed by atoms with van der Waals surface area (Å²) in [6.07, 6.45) is 0.268. The molecule has 5 nitrogen and oxygen atoms in total. The topological polar surface area (TPSA) is 60.5 Å². The van der Waals surface area contributed by atoms with Crippen molar-refractivity contribution < 1.29 is 14.3 Å². The summed E-state index contributed by atoms with van der Waals surface area (Å²) in [5.41, 5.74) is 3.12. The van der Waals surface area contributed by atoms with Crippen LogP contribution in [0.15, 0.2) is 17.6 Å². The molecule has 21 heavy (non-hydrogen) atoms. The van der Waals surface area contributed by atoms with Crippen LogP contribution in [0.1, 0.15) is 10.6 Å². The first-order valence-electron chi connectivity index (χ1n) is 6.15. The molecule has 1 aromatic carbocycles. The summed E-state index contributed by atoms with van der Waals surface area (Å²) < 4.78 is 10.4. The number of nitrogens with one attached hydrogen (secondary N) is 1. The van der Waals surface area contributed by atoms with Gasteiger partial charge in [0.25, 0.3) is 0 Å². The lowest BCUT2D eigenvalue weighted by Crippen LogP contribution is -2.15. The van der Waals surface area contributed by atoms with E-state index in [0.717, 1.165) is 10.6 Å². The molecule has 0 fully saturated rings. The van der Waals surface area contributed by atoms with E-state index < -0.39 is 0 Å². The van der Waals surface area contributed by atoms with Gasteiger partial charge < -0.3 is 14.8 Å². The monoisotopic (exact) mass is 326 g/mol. The molecule has 0 spiro atoms. The predicted octanol–water partition coefficient (Wildman–Crippen LogP) is 3.30. The molecule has 1 heterocycles. The molecule has 0 aliphatic rings. The van der Waals surface area contributed by atoms with Gasteiger partial charge in [0.1, 0.15) is 11.5 Å². The van der Waals surface area contributed by atoms with Gasteiger partial charge in [-0.15, -0.1) is 11.3 Å². The smallest absolute Gasteiger partial charge is 0.229 e. The fourth-order valence-electron chi connectivity index (χ4n) is 1.79. The number of anilines is 1. The van der Waals surface area contributed by atoms with E-state index in [4.69, 9.17) is 21.1 Å². The quantitative estimate of drug-likeness (QED) is 0.915. The molecule has 0 unspecified atom stereocenters. The van der Waals surface area contributed by atoms with Crippen molar-refractivity contribution in [2.75, 3.05) is 19.5 Å². The summed E-state index contributed by atoms with van der Waals surface area (Å²) in [4.78, 5) is 17.2. The fraction of sp³-hybridized carbons (Fsp3) is 0.286. The van der Waals surface area contributed by atoms with Gasteiger partial charge in [0.2, 0.25) is 5.91 Å². The van der Waals surface area contributed by atoms with Crippen LogP contribution in [-0.4, -0.2) is 25.1 Å². The van der Waals surface area contributed by atoms with Gasteiger partial charge in [-0.25, -0.2) is 4.98 Å². The van der Waals surface area contributed by atoms with Crippen LogP contribution in [0.25, 0.3) is 0 Å². The second kappa shape index (κ2) is 6.78. The van der Waals surface area contributed by atoms with Gasteiger partial charge in [-0.05, 0) is 6.92 Å². The molecule has 1 N–H and O–H groups in total. The van der Waals surface area contributed by atoms with E-state index in [1.807, 2.05) is 6.92 Å². The Morgan fingerprint density at radius 3 is 2.62 bits per heavy atom. The number of carbonyl (C=O) groups excluding carboxylic acids is 1. The minimum atomic E-state index is -0.148. The van der Waals surface area contributed by atoms with Crippen LogP contribution in [0.5, 0.6) is 11.5 Å². The minimum absolute atomic E-state index is 0.148. The third-order valence-corrected chi connectivity index (χ3v) is 4.14. The van der Waals surface area contributed by atoms with Gasteiger partial charge in [0.15, 0.2) is 0 Å². The average Bonchev–Trinajstić information content (AvgIpc) is 2.85. The SMILES string of the molecule is COc1cc(NC(=O)Cc2scnc2C)c(OC)cc1Cl. The molecule has 1 amide bonds. The first kappa shape index (κ1) is 15.6. The van der Waals surface area contributed by atoms with Gasteiger partial charge in [-0.1, -0.05) is 11.6 Å². The van der Waals surface area contributed by atoms with E-state index in [1.165, 1.54) is 25.6 Å². The number of benzene rings is 1. The van der Waals surface area contributed by atoms with Gasteiger partial charge in [-0.3, -0.25) is 4.79 Å². The largest absolute Gasteiger partial charge is 0.495 e. The Kier molecular flexibility index (Phi) is 5.03. The molecule has 0 radical (unpaired) electrons. The van der Waals surface area contributed by atoms with Crippen LogP contribution >= 0.6 is 22.9 Å². The maximum absolute atomic E-state index is 12.1. The molecule has 0 aliphatic heterocycles. The number of nitrogens with zero attached hydrogens (tertiary/aromatic N) is 1. The zero-order valence-corrected chi connectivity index (χ0v) is 13.5. The molecule has 2 aromatic rings. The normalized spacial score (nSPS) is 10.3. The van der Waals surface area contributed by atoms with Gasteiger partial charge in [0.05, 0.1) is 42.6 Å². The van der Waals surface area contributed by atoms with Gasteiger partial charge >= 0.3 is 0 Å². The maximum atomic E-state index is 12.1. The van der Waals surface area contributed by atoms with E-state index in [2.05, 4.69) is 10.3 Å². The molecule has 7 heteroatoms. The highest BCUT2D eigenvalue weighted by molar-refractivity contribution is 7.09. The van der Waals surface area contributed by atoms with E-state index in [0.29, 0.717) is 22.2 Å². The van der Waals surface area contributed by atoms with E-state index in [9.17, 15) is 4.79 Å². The van der Waals surface area contributed by atoms with Crippen molar-refractivity contribution in [3.63, 3.8) is 0 Å². The molecule has 1 aromatic heterocycles. The number of hydrogen-bond acceptors (Lipinski definition) is 5. The summed E-state index contributed by atoms with van der Waals surface area (Å²) in [6.45, 7) is 1.88. The standard InChI is InChI=1S/C14H15ClN2O3S/c1-8-13(21-7-16-8)6-14(18)17-10-5-11(19-2)9(15)4-12(10)20-3/h4-5,7H,6H2,1-3H3,(H,17,18). The number of amides is 1. The molecule has 0 atom stereocenters. The summed E-state index contributed by atoms with van der Waals surface area (Å²) >= 11 is 7.49. The lowest BCUT2D eigenvalue weighted by atomic mass is 10.2. The molecule has 2 rings (SSSR count). The Balaban J connectivity index is 2.18. The molecule has 0 saturated heterocycles. The molecule has 112 valence electrons. The number of rotatable bonds is 5. The van der Waals surface area contributed by atoms with Crippen molar-refractivity contribution in [3.8, 4) is 11.5 Å². The number of methoxy groups -OCH3 is 2. The van der Waals surface area contributed by atoms with Crippen molar-refractivity contribution in [2.45, 2.75) is 13.3 Å². The van der Waals surface area contributed by atoms with Crippen LogP contribution in [0.2, 0.25) is 5.02 Å². The van der Waals surface area contributed by atoms with E-state index in [-0.39, 0.29) is 12.3 Å². The second-order valence-corrected chi connectivity index (χ2v) is 5.62. The minimum Gasteiger partial charge on any atom is -0.495 e. The number of thiazole rings is 1. The zero-order valence-electron chi connectivity index (χ0n) is 11.9. The summed E-state index contributed by atoms with van der Waals surface area (Å²) in [6, 6.07) is 3.24.